The fraction of sp³-hybridized carbons (Fsp3) is 0.857. The first-order chi connectivity index (χ1) is 4.44. The Hall–Kier alpha value is -0.470. The van der Waals surface area contributed by atoms with Crippen LogP contribution in [0, 0.1) is 5.41 Å². The van der Waals surface area contributed by atoms with E-state index in [-0.39, 0.29) is 18.6 Å². The van der Waals surface area contributed by atoms with Crippen LogP contribution in [0.25, 0.3) is 0 Å². The topological polar surface area (TPSA) is 17.1 Å². The Balaban J connectivity index is 2.68. The molecular formula is C7H10F2O. The normalized spacial score (nSPS) is 35.6. The lowest BCUT2D eigenvalue weighted by molar-refractivity contribution is -0.126. The second-order valence-electron chi connectivity index (χ2n) is 2.99. The summed E-state index contributed by atoms with van der Waals surface area (Å²) in [5.74, 6) is -3.04. The lowest BCUT2D eigenvalue weighted by atomic mass is 10.0. The van der Waals surface area contributed by atoms with Gasteiger partial charge in [0.05, 0.1) is 5.41 Å². The van der Waals surface area contributed by atoms with E-state index in [2.05, 4.69) is 0 Å². The molecule has 10 heavy (non-hydrogen) atoms. The Morgan fingerprint density at radius 2 is 2.00 bits per heavy atom. The van der Waals surface area contributed by atoms with E-state index in [0.717, 1.165) is 0 Å². The van der Waals surface area contributed by atoms with Crippen LogP contribution in [0.1, 0.15) is 26.7 Å². The van der Waals surface area contributed by atoms with Gasteiger partial charge < -0.3 is 0 Å². The molecule has 1 unspecified atom stereocenters. The molecule has 0 heterocycles. The molecule has 58 valence electrons. The minimum absolute atomic E-state index is 0.214. The molecule has 1 fully saturated rings. The van der Waals surface area contributed by atoms with Crippen molar-refractivity contribution in [2.75, 3.05) is 0 Å². The molecular weight excluding hydrogens is 138 g/mol. The van der Waals surface area contributed by atoms with Gasteiger partial charge in [-0.1, -0.05) is 6.92 Å². The molecule has 0 bridgehead atoms. The molecule has 0 amide bonds. The molecule has 0 spiro atoms. The minimum atomic E-state index is -2.72. The van der Waals surface area contributed by atoms with E-state index in [1.165, 1.54) is 6.92 Å². The van der Waals surface area contributed by atoms with E-state index in [1.54, 1.807) is 6.92 Å². The zero-order chi connectivity index (χ0) is 7.99. The van der Waals surface area contributed by atoms with Gasteiger partial charge in [0, 0.05) is 12.8 Å². The Morgan fingerprint density at radius 1 is 1.60 bits per heavy atom. The summed E-state index contributed by atoms with van der Waals surface area (Å²) in [5.41, 5.74) is -1.32. The number of hydrogen-bond acceptors (Lipinski definition) is 1. The van der Waals surface area contributed by atoms with Crippen LogP contribution in [0.5, 0.6) is 0 Å². The number of carbonyl (C=O) groups excluding carboxylic acids is 1. The summed E-state index contributed by atoms with van der Waals surface area (Å²) in [4.78, 5) is 10.8. The van der Waals surface area contributed by atoms with Gasteiger partial charge in [-0.15, -0.1) is 0 Å². The van der Waals surface area contributed by atoms with E-state index in [9.17, 15) is 13.6 Å². The first-order valence-corrected chi connectivity index (χ1v) is 3.35. The maximum Gasteiger partial charge on any atom is 0.261 e. The number of rotatable bonds is 2. The van der Waals surface area contributed by atoms with Crippen molar-refractivity contribution in [2.45, 2.75) is 32.6 Å². The van der Waals surface area contributed by atoms with E-state index in [4.69, 9.17) is 0 Å². The first kappa shape index (κ1) is 7.63. The highest BCUT2D eigenvalue weighted by Gasteiger charge is 2.71. The third-order valence-corrected chi connectivity index (χ3v) is 2.19. The van der Waals surface area contributed by atoms with Crippen LogP contribution in [-0.2, 0) is 4.79 Å². The fourth-order valence-electron chi connectivity index (χ4n) is 1.09. The molecule has 1 rings (SSSR count). The Labute approximate surface area is 58.4 Å². The third-order valence-electron chi connectivity index (χ3n) is 2.19. The van der Waals surface area contributed by atoms with Gasteiger partial charge in [0.1, 0.15) is 5.78 Å². The molecule has 0 saturated heterocycles. The van der Waals surface area contributed by atoms with Crippen molar-refractivity contribution in [1.82, 2.24) is 0 Å². The largest absolute Gasteiger partial charge is 0.299 e. The number of ketones is 1. The van der Waals surface area contributed by atoms with E-state index >= 15 is 0 Å². The molecule has 0 aromatic carbocycles. The zero-order valence-electron chi connectivity index (χ0n) is 6.08. The van der Waals surface area contributed by atoms with Crippen molar-refractivity contribution >= 4 is 5.78 Å². The summed E-state index contributed by atoms with van der Waals surface area (Å²) in [6.07, 6.45) is -0.0429. The summed E-state index contributed by atoms with van der Waals surface area (Å²) in [6, 6.07) is 0. The monoisotopic (exact) mass is 148 g/mol. The lowest BCUT2D eigenvalue weighted by Crippen LogP contribution is -2.17. The Bertz CT molecular complexity index is 176. The van der Waals surface area contributed by atoms with Gasteiger partial charge in [0.2, 0.25) is 0 Å². The standard InChI is InChI=1S/C7H10F2O/c1-3-5(10)6(2)4-7(6,8)9/h3-4H2,1-2H3. The molecule has 0 N–H and O–H groups in total. The van der Waals surface area contributed by atoms with Gasteiger partial charge in [0.25, 0.3) is 5.92 Å². The van der Waals surface area contributed by atoms with Crippen LogP contribution in [-0.4, -0.2) is 11.7 Å². The van der Waals surface area contributed by atoms with Crippen LogP contribution in [0.2, 0.25) is 0 Å². The average molecular weight is 148 g/mol. The van der Waals surface area contributed by atoms with E-state index < -0.39 is 11.3 Å². The highest BCUT2D eigenvalue weighted by atomic mass is 19.3. The van der Waals surface area contributed by atoms with Crippen molar-refractivity contribution in [3.63, 3.8) is 0 Å². The molecule has 0 aliphatic heterocycles. The minimum Gasteiger partial charge on any atom is -0.299 e. The van der Waals surface area contributed by atoms with Gasteiger partial charge >= 0.3 is 0 Å². The smallest absolute Gasteiger partial charge is 0.261 e. The van der Waals surface area contributed by atoms with Gasteiger partial charge in [-0.2, -0.15) is 0 Å². The zero-order valence-corrected chi connectivity index (χ0v) is 6.08. The third kappa shape index (κ3) is 0.762. The van der Waals surface area contributed by atoms with Crippen molar-refractivity contribution in [3.05, 3.63) is 0 Å². The number of halogens is 2. The number of hydrogen-bond donors (Lipinski definition) is 0. The SMILES string of the molecule is CCC(=O)C1(C)CC1(F)F. The number of carbonyl (C=O) groups is 1. The van der Waals surface area contributed by atoms with Crippen molar-refractivity contribution < 1.29 is 13.6 Å². The van der Waals surface area contributed by atoms with Crippen LogP contribution in [0.3, 0.4) is 0 Å². The number of Topliss-reactive ketones (excluding diaryl/α,β-unsaturated/α-hetero) is 1. The van der Waals surface area contributed by atoms with E-state index in [1.807, 2.05) is 0 Å². The highest BCUT2D eigenvalue weighted by molar-refractivity contribution is 5.88. The van der Waals surface area contributed by atoms with Crippen LogP contribution in [0.15, 0.2) is 0 Å². The van der Waals surface area contributed by atoms with Gasteiger partial charge in [-0.25, -0.2) is 8.78 Å². The van der Waals surface area contributed by atoms with Gasteiger partial charge in [-0.3, -0.25) is 4.79 Å². The quantitative estimate of drug-likeness (QED) is 0.585. The van der Waals surface area contributed by atoms with Crippen LogP contribution in [0.4, 0.5) is 8.78 Å². The van der Waals surface area contributed by atoms with Crippen LogP contribution >= 0.6 is 0 Å². The molecule has 1 atom stereocenters. The molecule has 1 aliphatic rings. The second kappa shape index (κ2) is 1.77. The summed E-state index contributed by atoms with van der Waals surface area (Å²) in [5, 5.41) is 0. The van der Waals surface area contributed by atoms with E-state index in [0.29, 0.717) is 0 Å². The van der Waals surface area contributed by atoms with Gasteiger partial charge in [0.15, 0.2) is 0 Å². The molecule has 1 saturated carbocycles. The molecule has 0 aromatic rings. The van der Waals surface area contributed by atoms with Crippen molar-refractivity contribution in [1.29, 1.82) is 0 Å². The maximum absolute atomic E-state index is 12.4. The Kier molecular flexibility index (Phi) is 1.35. The summed E-state index contributed by atoms with van der Waals surface area (Å²) in [7, 11) is 0. The number of alkyl halides is 2. The summed E-state index contributed by atoms with van der Waals surface area (Å²) in [6.45, 7) is 2.95. The van der Waals surface area contributed by atoms with Crippen molar-refractivity contribution in [2.24, 2.45) is 5.41 Å². The van der Waals surface area contributed by atoms with Crippen molar-refractivity contribution in [3.8, 4) is 0 Å². The molecule has 3 heteroatoms. The Morgan fingerprint density at radius 3 is 2.10 bits per heavy atom. The second-order valence-corrected chi connectivity index (χ2v) is 2.99. The lowest BCUT2D eigenvalue weighted by Gasteiger charge is -2.04. The summed E-state index contributed by atoms with van der Waals surface area (Å²) >= 11 is 0. The maximum atomic E-state index is 12.4. The molecule has 1 aliphatic carbocycles. The van der Waals surface area contributed by atoms with Gasteiger partial charge in [-0.05, 0) is 6.92 Å². The predicted molar refractivity (Wildman–Crippen MR) is 33.0 cm³/mol. The predicted octanol–water partition coefficient (Wildman–Crippen LogP) is 2.01. The molecule has 0 aromatic heterocycles. The first-order valence-electron chi connectivity index (χ1n) is 3.35. The average Bonchev–Trinajstić information content (AvgIpc) is 2.32. The highest BCUT2D eigenvalue weighted by Crippen LogP contribution is 2.60. The van der Waals surface area contributed by atoms with Crippen LogP contribution < -0.4 is 0 Å². The molecule has 0 radical (unpaired) electrons. The molecule has 1 nitrogen and oxygen atoms in total. The fourth-order valence-corrected chi connectivity index (χ4v) is 1.09. The summed E-state index contributed by atoms with van der Waals surface area (Å²) < 4.78 is 24.8.